The zero-order valence-electron chi connectivity index (χ0n) is 8.17. The summed E-state index contributed by atoms with van der Waals surface area (Å²) in [6.45, 7) is 1.22. The van der Waals surface area contributed by atoms with Crippen molar-refractivity contribution >= 4 is 40.5 Å². The molecule has 0 bridgehead atoms. The summed E-state index contributed by atoms with van der Waals surface area (Å²) in [6, 6.07) is 2.73. The van der Waals surface area contributed by atoms with Gasteiger partial charge in [0.05, 0.1) is 10.0 Å². The van der Waals surface area contributed by atoms with Gasteiger partial charge in [-0.25, -0.2) is 0 Å². The van der Waals surface area contributed by atoms with E-state index in [1.807, 2.05) is 0 Å². The Kier molecular flexibility index (Phi) is 2.52. The lowest BCUT2D eigenvalue weighted by molar-refractivity contribution is -0.113. The number of aliphatic hydroxyl groups is 1. The lowest BCUT2D eigenvalue weighted by atomic mass is 10.1. The second-order valence-electron chi connectivity index (χ2n) is 3.42. The molecule has 0 unspecified atom stereocenters. The Hall–Kier alpha value is -1.32. The van der Waals surface area contributed by atoms with Crippen molar-refractivity contribution in [2.24, 2.45) is 0 Å². The standard InChI is InChI=1S/C11H6Cl2O3/c1-4(14)9-10(15)5-2-7(12)8(13)3-6(5)11(9)16/h2-3,15H,1H3. The number of aliphatic hydroxyl groups excluding tert-OH is 1. The molecule has 0 spiro atoms. The van der Waals surface area contributed by atoms with Gasteiger partial charge in [-0.3, -0.25) is 9.59 Å². The van der Waals surface area contributed by atoms with Gasteiger partial charge in [0.2, 0.25) is 5.78 Å². The maximum Gasteiger partial charge on any atom is 0.201 e. The molecule has 16 heavy (non-hydrogen) atoms. The zero-order chi connectivity index (χ0) is 12.0. The molecule has 0 saturated heterocycles. The van der Waals surface area contributed by atoms with Crippen molar-refractivity contribution in [3.05, 3.63) is 38.9 Å². The average molecular weight is 257 g/mol. The van der Waals surface area contributed by atoms with E-state index in [1.165, 1.54) is 19.1 Å². The predicted molar refractivity (Wildman–Crippen MR) is 61.0 cm³/mol. The highest BCUT2D eigenvalue weighted by molar-refractivity contribution is 6.43. The summed E-state index contributed by atoms with van der Waals surface area (Å²) in [7, 11) is 0. The Morgan fingerprint density at radius 3 is 2.19 bits per heavy atom. The molecule has 1 aliphatic rings. The Balaban J connectivity index is 2.72. The highest BCUT2D eigenvalue weighted by Crippen LogP contribution is 2.36. The Bertz CT molecular complexity index is 559. The Labute approximate surface area is 101 Å². The highest BCUT2D eigenvalue weighted by Gasteiger charge is 2.33. The third-order valence-corrected chi connectivity index (χ3v) is 3.10. The van der Waals surface area contributed by atoms with Crippen LogP contribution in [0, 0.1) is 0 Å². The van der Waals surface area contributed by atoms with Crippen LogP contribution in [0.4, 0.5) is 0 Å². The van der Waals surface area contributed by atoms with E-state index in [0.717, 1.165) is 0 Å². The fourth-order valence-corrected chi connectivity index (χ4v) is 1.96. The van der Waals surface area contributed by atoms with Gasteiger partial charge < -0.3 is 5.11 Å². The average Bonchev–Trinajstić information content (AvgIpc) is 2.41. The van der Waals surface area contributed by atoms with E-state index in [-0.39, 0.29) is 32.5 Å². The molecule has 1 N–H and O–H groups in total. The molecule has 1 aromatic rings. The van der Waals surface area contributed by atoms with E-state index in [4.69, 9.17) is 23.2 Å². The SMILES string of the molecule is CC(=O)C1=C(O)c2cc(Cl)c(Cl)cc2C1=O. The molecule has 0 atom stereocenters. The van der Waals surface area contributed by atoms with Crippen molar-refractivity contribution in [1.82, 2.24) is 0 Å². The normalized spacial score (nSPS) is 14.3. The second kappa shape index (κ2) is 3.61. The van der Waals surface area contributed by atoms with E-state index < -0.39 is 11.6 Å². The minimum atomic E-state index is -0.515. The first kappa shape index (κ1) is 11.2. The number of carbonyl (C=O) groups is 2. The van der Waals surface area contributed by atoms with Crippen molar-refractivity contribution in [3.63, 3.8) is 0 Å². The van der Waals surface area contributed by atoms with Gasteiger partial charge in [0.1, 0.15) is 11.3 Å². The molecular weight excluding hydrogens is 251 g/mol. The molecule has 82 valence electrons. The molecule has 0 aliphatic heterocycles. The van der Waals surface area contributed by atoms with Crippen LogP contribution in [0.1, 0.15) is 22.8 Å². The summed E-state index contributed by atoms with van der Waals surface area (Å²) in [4.78, 5) is 23.0. The lowest BCUT2D eigenvalue weighted by Crippen LogP contribution is -2.06. The smallest absolute Gasteiger partial charge is 0.201 e. The minimum absolute atomic E-state index is 0.206. The van der Waals surface area contributed by atoms with Crippen LogP contribution in [0.3, 0.4) is 0 Å². The maximum absolute atomic E-state index is 11.8. The number of carbonyl (C=O) groups excluding carboxylic acids is 2. The third kappa shape index (κ3) is 1.44. The third-order valence-electron chi connectivity index (χ3n) is 2.38. The van der Waals surface area contributed by atoms with Gasteiger partial charge >= 0.3 is 0 Å². The van der Waals surface area contributed by atoms with Crippen LogP contribution >= 0.6 is 23.2 Å². The molecule has 1 aliphatic carbocycles. The summed E-state index contributed by atoms with van der Waals surface area (Å²) in [6.07, 6.45) is 0. The van der Waals surface area contributed by atoms with Crippen LogP contribution in [0.15, 0.2) is 17.7 Å². The summed E-state index contributed by atoms with van der Waals surface area (Å²) >= 11 is 11.5. The number of rotatable bonds is 1. The number of ketones is 2. The number of hydrogen-bond acceptors (Lipinski definition) is 3. The first-order chi connectivity index (χ1) is 7.43. The summed E-state index contributed by atoms with van der Waals surface area (Å²) in [5.41, 5.74) is 0.245. The molecule has 5 heteroatoms. The monoisotopic (exact) mass is 256 g/mol. The molecule has 0 amide bonds. The van der Waals surface area contributed by atoms with Crippen molar-refractivity contribution in [2.75, 3.05) is 0 Å². The molecule has 1 aromatic carbocycles. The first-order valence-corrected chi connectivity index (χ1v) is 5.17. The van der Waals surface area contributed by atoms with Gasteiger partial charge in [-0.05, 0) is 19.1 Å². The lowest BCUT2D eigenvalue weighted by Gasteiger charge is -2.01. The van der Waals surface area contributed by atoms with Crippen molar-refractivity contribution in [3.8, 4) is 0 Å². The Morgan fingerprint density at radius 2 is 1.69 bits per heavy atom. The quantitative estimate of drug-likeness (QED) is 0.786. The molecule has 3 nitrogen and oxygen atoms in total. The molecule has 0 fully saturated rings. The van der Waals surface area contributed by atoms with Crippen LogP contribution in [-0.4, -0.2) is 16.7 Å². The number of fused-ring (bicyclic) bond motifs is 1. The fourth-order valence-electron chi connectivity index (χ4n) is 1.63. The molecule has 0 saturated carbocycles. The topological polar surface area (TPSA) is 54.4 Å². The number of benzene rings is 1. The molecular formula is C11H6Cl2O3. The number of allylic oxidation sites excluding steroid dienone is 1. The number of hydrogen-bond donors (Lipinski definition) is 1. The summed E-state index contributed by atoms with van der Waals surface area (Å²) in [5, 5.41) is 10.2. The summed E-state index contributed by atoms with van der Waals surface area (Å²) in [5.74, 6) is -1.32. The predicted octanol–water partition coefficient (Wildman–Crippen LogP) is 3.05. The van der Waals surface area contributed by atoms with Crippen molar-refractivity contribution < 1.29 is 14.7 Å². The maximum atomic E-state index is 11.8. The molecule has 0 aromatic heterocycles. The van der Waals surface area contributed by atoms with E-state index >= 15 is 0 Å². The van der Waals surface area contributed by atoms with Crippen LogP contribution in [0.2, 0.25) is 10.0 Å². The Morgan fingerprint density at radius 1 is 1.19 bits per heavy atom. The van der Waals surface area contributed by atoms with Crippen molar-refractivity contribution in [2.45, 2.75) is 6.92 Å². The van der Waals surface area contributed by atoms with Crippen LogP contribution in [0.25, 0.3) is 5.76 Å². The summed E-state index contributed by atoms with van der Waals surface area (Å²) < 4.78 is 0. The molecule has 0 heterocycles. The highest BCUT2D eigenvalue weighted by atomic mass is 35.5. The van der Waals surface area contributed by atoms with Gasteiger partial charge in [-0.1, -0.05) is 23.2 Å². The molecule has 0 radical (unpaired) electrons. The largest absolute Gasteiger partial charge is 0.506 e. The molecule has 2 rings (SSSR count). The first-order valence-electron chi connectivity index (χ1n) is 4.41. The van der Waals surface area contributed by atoms with Gasteiger partial charge in [0, 0.05) is 11.1 Å². The van der Waals surface area contributed by atoms with Crippen LogP contribution in [0.5, 0.6) is 0 Å². The minimum Gasteiger partial charge on any atom is -0.506 e. The van der Waals surface area contributed by atoms with E-state index in [2.05, 4.69) is 0 Å². The van der Waals surface area contributed by atoms with Gasteiger partial charge in [0.25, 0.3) is 0 Å². The van der Waals surface area contributed by atoms with Gasteiger partial charge in [0.15, 0.2) is 5.78 Å². The number of Topliss-reactive ketones (excluding diaryl/α,β-unsaturated/α-hetero) is 2. The van der Waals surface area contributed by atoms with Gasteiger partial charge in [-0.2, -0.15) is 0 Å². The van der Waals surface area contributed by atoms with Crippen LogP contribution in [-0.2, 0) is 4.79 Å². The number of halogens is 2. The van der Waals surface area contributed by atoms with Crippen LogP contribution < -0.4 is 0 Å². The van der Waals surface area contributed by atoms with E-state index in [9.17, 15) is 14.7 Å². The second-order valence-corrected chi connectivity index (χ2v) is 4.24. The van der Waals surface area contributed by atoms with Crippen molar-refractivity contribution in [1.29, 1.82) is 0 Å². The van der Waals surface area contributed by atoms with Gasteiger partial charge in [-0.15, -0.1) is 0 Å². The fraction of sp³-hybridized carbons (Fsp3) is 0.0909. The zero-order valence-corrected chi connectivity index (χ0v) is 9.69. The van der Waals surface area contributed by atoms with E-state index in [1.54, 1.807) is 0 Å². The van der Waals surface area contributed by atoms with E-state index in [0.29, 0.717) is 0 Å².